The SMILES string of the molecule is CCNC(Cl)C(Cl)NCC. The highest BCUT2D eigenvalue weighted by Crippen LogP contribution is 2.02. The van der Waals surface area contributed by atoms with Gasteiger partial charge in [0.2, 0.25) is 0 Å². The third-order valence-electron chi connectivity index (χ3n) is 1.06. The van der Waals surface area contributed by atoms with Gasteiger partial charge in [0, 0.05) is 0 Å². The van der Waals surface area contributed by atoms with E-state index in [4.69, 9.17) is 23.2 Å². The van der Waals surface area contributed by atoms with E-state index in [0.717, 1.165) is 13.1 Å². The van der Waals surface area contributed by atoms with Crippen molar-refractivity contribution in [2.75, 3.05) is 13.1 Å². The smallest absolute Gasteiger partial charge is 0.112 e. The van der Waals surface area contributed by atoms with Gasteiger partial charge >= 0.3 is 0 Å². The summed E-state index contributed by atoms with van der Waals surface area (Å²) in [5.74, 6) is 0. The first kappa shape index (κ1) is 10.5. The summed E-state index contributed by atoms with van der Waals surface area (Å²) >= 11 is 11.6. The first-order valence-corrected chi connectivity index (χ1v) is 4.34. The largest absolute Gasteiger partial charge is 0.299 e. The number of rotatable bonds is 5. The zero-order valence-electron chi connectivity index (χ0n) is 6.32. The molecule has 0 heterocycles. The number of nitrogens with one attached hydrogen (secondary N) is 2. The number of alkyl halides is 2. The maximum absolute atomic E-state index is 5.80. The Morgan fingerprint density at radius 1 is 1.00 bits per heavy atom. The molecule has 0 aliphatic rings. The van der Waals surface area contributed by atoms with Crippen LogP contribution in [-0.2, 0) is 0 Å². The van der Waals surface area contributed by atoms with E-state index in [9.17, 15) is 0 Å². The minimum atomic E-state index is -0.188. The lowest BCUT2D eigenvalue weighted by Gasteiger charge is -2.16. The van der Waals surface area contributed by atoms with Gasteiger partial charge in [0.05, 0.1) is 0 Å². The second-order valence-electron chi connectivity index (χ2n) is 1.92. The monoisotopic (exact) mass is 184 g/mol. The fraction of sp³-hybridized carbons (Fsp3) is 1.00. The van der Waals surface area contributed by atoms with Gasteiger partial charge in [-0.25, -0.2) is 0 Å². The average Bonchev–Trinajstić information content (AvgIpc) is 1.89. The van der Waals surface area contributed by atoms with Crippen LogP contribution in [0.3, 0.4) is 0 Å². The molecule has 0 aromatic heterocycles. The molecule has 0 aliphatic carbocycles. The maximum atomic E-state index is 5.80. The first-order chi connectivity index (χ1) is 4.72. The fourth-order valence-electron chi connectivity index (χ4n) is 0.597. The highest BCUT2D eigenvalue weighted by molar-refractivity contribution is 6.29. The van der Waals surface area contributed by atoms with Crippen molar-refractivity contribution in [1.29, 1.82) is 0 Å². The number of likely N-dealkylation sites (N-methyl/N-ethyl adjacent to an activating group) is 2. The molecule has 0 radical (unpaired) electrons. The van der Waals surface area contributed by atoms with Gasteiger partial charge in [-0.15, -0.1) is 23.2 Å². The molecule has 2 nitrogen and oxygen atoms in total. The van der Waals surface area contributed by atoms with Gasteiger partial charge in [-0.1, -0.05) is 13.8 Å². The minimum Gasteiger partial charge on any atom is -0.299 e. The summed E-state index contributed by atoms with van der Waals surface area (Å²) in [6, 6.07) is 0. The molecule has 2 N–H and O–H groups in total. The third-order valence-corrected chi connectivity index (χ3v) is 2.00. The average molecular weight is 185 g/mol. The second kappa shape index (κ2) is 6.23. The summed E-state index contributed by atoms with van der Waals surface area (Å²) in [5.41, 5.74) is -0.377. The summed E-state index contributed by atoms with van der Waals surface area (Å²) in [6.07, 6.45) is 0. The lowest BCUT2D eigenvalue weighted by atomic mass is 10.5. The Balaban J connectivity index is 3.38. The molecular formula is C6H14Cl2N2. The van der Waals surface area contributed by atoms with Crippen molar-refractivity contribution in [2.45, 2.75) is 24.8 Å². The molecule has 4 heteroatoms. The molecule has 0 aromatic rings. The summed E-state index contributed by atoms with van der Waals surface area (Å²) in [4.78, 5) is 0. The van der Waals surface area contributed by atoms with Crippen molar-refractivity contribution in [3.05, 3.63) is 0 Å². The van der Waals surface area contributed by atoms with E-state index in [0.29, 0.717) is 0 Å². The van der Waals surface area contributed by atoms with Gasteiger partial charge in [0.25, 0.3) is 0 Å². The molecule has 2 unspecified atom stereocenters. The molecule has 0 amide bonds. The van der Waals surface area contributed by atoms with Crippen molar-refractivity contribution < 1.29 is 0 Å². The normalized spacial score (nSPS) is 16.8. The molecule has 0 aromatic carbocycles. The van der Waals surface area contributed by atoms with E-state index < -0.39 is 0 Å². The Bertz CT molecular complexity index is 70.1. The molecule has 0 saturated carbocycles. The van der Waals surface area contributed by atoms with Crippen LogP contribution in [-0.4, -0.2) is 24.1 Å². The van der Waals surface area contributed by atoms with Crippen molar-refractivity contribution >= 4 is 23.2 Å². The molecule has 62 valence electrons. The highest BCUT2D eigenvalue weighted by atomic mass is 35.5. The Morgan fingerprint density at radius 3 is 1.50 bits per heavy atom. The van der Waals surface area contributed by atoms with Crippen LogP contribution in [0.1, 0.15) is 13.8 Å². The summed E-state index contributed by atoms with van der Waals surface area (Å²) < 4.78 is 0. The van der Waals surface area contributed by atoms with Crippen LogP contribution >= 0.6 is 23.2 Å². The Morgan fingerprint density at radius 2 is 1.30 bits per heavy atom. The predicted octanol–water partition coefficient (Wildman–Crippen LogP) is 1.34. The Kier molecular flexibility index (Phi) is 6.54. The molecule has 10 heavy (non-hydrogen) atoms. The summed E-state index contributed by atoms with van der Waals surface area (Å²) in [5, 5.41) is 6.00. The predicted molar refractivity (Wildman–Crippen MR) is 46.6 cm³/mol. The Hall–Kier alpha value is 0.500. The second-order valence-corrected chi connectivity index (χ2v) is 2.86. The molecule has 0 bridgehead atoms. The zero-order valence-corrected chi connectivity index (χ0v) is 7.84. The van der Waals surface area contributed by atoms with Crippen LogP contribution in [0.25, 0.3) is 0 Å². The van der Waals surface area contributed by atoms with E-state index in [1.54, 1.807) is 0 Å². The molecule has 0 rings (SSSR count). The van der Waals surface area contributed by atoms with Gasteiger partial charge in [0.15, 0.2) is 0 Å². The van der Waals surface area contributed by atoms with Crippen LogP contribution in [0.4, 0.5) is 0 Å². The molecule has 2 atom stereocenters. The summed E-state index contributed by atoms with van der Waals surface area (Å²) in [7, 11) is 0. The van der Waals surface area contributed by atoms with Gasteiger partial charge in [-0.05, 0) is 13.1 Å². The van der Waals surface area contributed by atoms with Crippen LogP contribution < -0.4 is 10.6 Å². The Labute approximate surface area is 72.3 Å². The lowest BCUT2D eigenvalue weighted by molar-refractivity contribution is 0.561. The lowest BCUT2D eigenvalue weighted by Crippen LogP contribution is -2.40. The van der Waals surface area contributed by atoms with E-state index in [1.807, 2.05) is 13.8 Å². The van der Waals surface area contributed by atoms with E-state index in [2.05, 4.69) is 10.6 Å². The highest BCUT2D eigenvalue weighted by Gasteiger charge is 2.12. The minimum absolute atomic E-state index is 0.188. The number of hydrogen-bond acceptors (Lipinski definition) is 2. The molecule has 0 fully saturated rings. The maximum Gasteiger partial charge on any atom is 0.112 e. The van der Waals surface area contributed by atoms with Gasteiger partial charge in [-0.2, -0.15) is 0 Å². The van der Waals surface area contributed by atoms with Crippen LogP contribution in [0.5, 0.6) is 0 Å². The number of halogens is 2. The van der Waals surface area contributed by atoms with E-state index in [-0.39, 0.29) is 11.0 Å². The van der Waals surface area contributed by atoms with Gasteiger partial charge in [-0.3, -0.25) is 10.6 Å². The standard InChI is InChI=1S/C6H14Cl2N2/c1-3-9-5(7)6(8)10-4-2/h5-6,9-10H,3-4H2,1-2H3. The van der Waals surface area contributed by atoms with E-state index >= 15 is 0 Å². The molecule has 0 saturated heterocycles. The van der Waals surface area contributed by atoms with Gasteiger partial charge in [0.1, 0.15) is 11.0 Å². The number of hydrogen-bond donors (Lipinski definition) is 2. The zero-order chi connectivity index (χ0) is 7.98. The quantitative estimate of drug-likeness (QED) is 0.498. The first-order valence-electron chi connectivity index (χ1n) is 3.47. The van der Waals surface area contributed by atoms with E-state index in [1.165, 1.54) is 0 Å². The van der Waals surface area contributed by atoms with Crippen molar-refractivity contribution in [1.82, 2.24) is 10.6 Å². The van der Waals surface area contributed by atoms with Crippen LogP contribution in [0.15, 0.2) is 0 Å². The molecule has 0 spiro atoms. The van der Waals surface area contributed by atoms with Crippen molar-refractivity contribution in [3.63, 3.8) is 0 Å². The molecule has 0 aliphatic heterocycles. The van der Waals surface area contributed by atoms with Crippen molar-refractivity contribution in [2.24, 2.45) is 0 Å². The third kappa shape index (κ3) is 4.34. The van der Waals surface area contributed by atoms with Crippen LogP contribution in [0.2, 0.25) is 0 Å². The summed E-state index contributed by atoms with van der Waals surface area (Å²) in [6.45, 7) is 5.65. The topological polar surface area (TPSA) is 24.1 Å². The van der Waals surface area contributed by atoms with Crippen molar-refractivity contribution in [3.8, 4) is 0 Å². The van der Waals surface area contributed by atoms with Crippen LogP contribution in [0, 0.1) is 0 Å². The van der Waals surface area contributed by atoms with Gasteiger partial charge < -0.3 is 0 Å². The fourth-order valence-corrected chi connectivity index (χ4v) is 1.08. The molecular weight excluding hydrogens is 171 g/mol.